The second kappa shape index (κ2) is 8.81. The smallest absolute Gasteiger partial charge is 0.287 e. The first-order valence-electron chi connectivity index (χ1n) is 9.99. The average molecular weight is 427 g/mol. The first-order chi connectivity index (χ1) is 15.4. The zero-order chi connectivity index (χ0) is 22.7. The normalized spacial score (nSPS) is 11.8. The van der Waals surface area contributed by atoms with Crippen molar-refractivity contribution in [1.29, 1.82) is 0 Å². The molecule has 0 spiro atoms. The van der Waals surface area contributed by atoms with Gasteiger partial charge in [0.05, 0.1) is 11.3 Å². The Morgan fingerprint density at radius 3 is 2.44 bits per heavy atom. The molecule has 8 nitrogen and oxygen atoms in total. The molecule has 2 heterocycles. The number of carbonyl (C=O) groups excluding carboxylic acids is 3. The van der Waals surface area contributed by atoms with Crippen LogP contribution >= 0.6 is 0 Å². The van der Waals surface area contributed by atoms with Crippen LogP contribution in [-0.4, -0.2) is 38.4 Å². The zero-order valence-electron chi connectivity index (χ0n) is 17.4. The van der Waals surface area contributed by atoms with E-state index in [2.05, 4.69) is 15.4 Å². The Bertz CT molecular complexity index is 1310. The molecule has 1 unspecified atom stereocenters. The molecule has 4 aromatic rings. The van der Waals surface area contributed by atoms with E-state index < -0.39 is 23.6 Å². The minimum absolute atomic E-state index is 0.137. The van der Waals surface area contributed by atoms with Crippen molar-refractivity contribution in [3.8, 4) is 11.4 Å². The lowest BCUT2D eigenvalue weighted by Gasteiger charge is -2.16. The van der Waals surface area contributed by atoms with Gasteiger partial charge in [0.2, 0.25) is 5.78 Å². The monoisotopic (exact) mass is 427 g/mol. The van der Waals surface area contributed by atoms with Crippen LogP contribution in [0.3, 0.4) is 0 Å². The number of aryl methyl sites for hydroxylation is 1. The molecule has 1 atom stereocenters. The van der Waals surface area contributed by atoms with Gasteiger partial charge in [0, 0.05) is 31.2 Å². The topological polar surface area (TPSA) is 120 Å². The Morgan fingerprint density at radius 2 is 1.72 bits per heavy atom. The lowest BCUT2D eigenvalue weighted by atomic mass is 10.0. The van der Waals surface area contributed by atoms with Gasteiger partial charge in [-0.05, 0) is 17.0 Å². The molecule has 0 radical (unpaired) electrons. The van der Waals surface area contributed by atoms with E-state index in [1.54, 1.807) is 19.4 Å². The van der Waals surface area contributed by atoms with E-state index in [0.29, 0.717) is 11.4 Å². The number of amides is 2. The summed E-state index contributed by atoms with van der Waals surface area (Å²) in [5.41, 5.74) is 7.14. The van der Waals surface area contributed by atoms with E-state index in [1.165, 1.54) is 4.68 Å². The molecule has 3 N–H and O–H groups in total. The van der Waals surface area contributed by atoms with E-state index in [0.717, 1.165) is 16.3 Å². The second-order valence-electron chi connectivity index (χ2n) is 7.43. The lowest BCUT2D eigenvalue weighted by Crippen LogP contribution is -2.47. The molecule has 2 aromatic carbocycles. The maximum atomic E-state index is 13.1. The largest absolute Gasteiger partial charge is 0.363 e. The summed E-state index contributed by atoms with van der Waals surface area (Å²) in [5, 5.41) is 8.97. The van der Waals surface area contributed by atoms with Crippen molar-refractivity contribution in [3.05, 3.63) is 84.2 Å². The van der Waals surface area contributed by atoms with E-state index in [4.69, 9.17) is 5.73 Å². The molecule has 0 saturated heterocycles. The number of benzene rings is 2. The highest BCUT2D eigenvalue weighted by atomic mass is 16.2. The number of Topliss-reactive ketones (excluding diaryl/α,β-unsaturated/α-hetero) is 1. The summed E-state index contributed by atoms with van der Waals surface area (Å²) in [6.45, 7) is 0. The predicted molar refractivity (Wildman–Crippen MR) is 120 cm³/mol. The molecule has 0 aliphatic heterocycles. The van der Waals surface area contributed by atoms with Gasteiger partial charge in [-0.15, -0.1) is 0 Å². The number of fused-ring (bicyclic) bond motifs is 1. The van der Waals surface area contributed by atoms with Crippen molar-refractivity contribution < 1.29 is 14.4 Å². The zero-order valence-corrected chi connectivity index (χ0v) is 17.4. The van der Waals surface area contributed by atoms with Gasteiger partial charge in [-0.1, -0.05) is 54.6 Å². The number of hydrogen-bond donors (Lipinski definition) is 2. The highest BCUT2D eigenvalue weighted by Gasteiger charge is 2.28. The van der Waals surface area contributed by atoms with Crippen LogP contribution in [0, 0.1) is 0 Å². The molecule has 2 amide bonds. The molecular formula is C24H21N5O3. The minimum Gasteiger partial charge on any atom is -0.363 e. The van der Waals surface area contributed by atoms with Crippen LogP contribution < -0.4 is 11.1 Å². The Labute approximate surface area is 184 Å². The van der Waals surface area contributed by atoms with E-state index in [-0.39, 0.29) is 12.0 Å². The number of primary amides is 1. The highest BCUT2D eigenvalue weighted by Crippen LogP contribution is 2.24. The summed E-state index contributed by atoms with van der Waals surface area (Å²) in [4.78, 5) is 41.6. The van der Waals surface area contributed by atoms with Crippen LogP contribution in [0.1, 0.15) is 15.9 Å². The molecule has 160 valence electrons. The van der Waals surface area contributed by atoms with Gasteiger partial charge in [0.1, 0.15) is 11.7 Å². The molecular weight excluding hydrogens is 406 g/mol. The number of nitrogens with one attached hydrogen (secondary N) is 1. The Morgan fingerprint density at radius 1 is 1.03 bits per heavy atom. The van der Waals surface area contributed by atoms with Crippen molar-refractivity contribution in [3.63, 3.8) is 0 Å². The van der Waals surface area contributed by atoms with Crippen molar-refractivity contribution in [2.45, 2.75) is 12.5 Å². The fourth-order valence-electron chi connectivity index (χ4n) is 3.52. The molecule has 32 heavy (non-hydrogen) atoms. The fourth-order valence-corrected chi connectivity index (χ4v) is 3.52. The Hall–Kier alpha value is -4.33. The first kappa shape index (κ1) is 20.9. The van der Waals surface area contributed by atoms with Crippen LogP contribution in [0.5, 0.6) is 0 Å². The molecule has 2 aromatic heterocycles. The number of nitrogens with zero attached hydrogens (tertiary/aromatic N) is 3. The van der Waals surface area contributed by atoms with Crippen molar-refractivity contribution in [2.24, 2.45) is 12.8 Å². The van der Waals surface area contributed by atoms with Crippen LogP contribution in [-0.2, 0) is 23.1 Å². The minimum atomic E-state index is -1.10. The summed E-state index contributed by atoms with van der Waals surface area (Å²) < 4.78 is 1.50. The summed E-state index contributed by atoms with van der Waals surface area (Å²) in [7, 11) is 1.69. The quantitative estimate of drug-likeness (QED) is 0.437. The number of carbonyl (C=O) groups is 3. The standard InChI is InChI=1S/C24H21N5O3/c1-29-14-18(21(28-29)19-12-16-9-5-6-10-17(16)13-26-19)24(32)27-20(22(30)23(25)31)11-15-7-3-2-4-8-15/h2-10,12-14,20H,11H2,1H3,(H2,25,31)(H,27,32). The number of aromatic nitrogens is 3. The van der Waals surface area contributed by atoms with Gasteiger partial charge < -0.3 is 11.1 Å². The number of ketones is 1. The third kappa shape index (κ3) is 4.39. The molecule has 8 heteroatoms. The lowest BCUT2D eigenvalue weighted by molar-refractivity contribution is -0.137. The average Bonchev–Trinajstić information content (AvgIpc) is 3.20. The number of nitrogens with two attached hydrogens (primary N) is 1. The maximum absolute atomic E-state index is 13.1. The summed E-state index contributed by atoms with van der Waals surface area (Å²) in [6, 6.07) is 17.6. The summed E-state index contributed by atoms with van der Waals surface area (Å²) in [5.74, 6) is -2.51. The van der Waals surface area contributed by atoms with Crippen LogP contribution in [0.15, 0.2) is 73.1 Å². The third-order valence-corrected chi connectivity index (χ3v) is 5.09. The third-order valence-electron chi connectivity index (χ3n) is 5.09. The number of hydrogen-bond acceptors (Lipinski definition) is 5. The number of rotatable bonds is 7. The molecule has 0 aliphatic carbocycles. The van der Waals surface area contributed by atoms with Gasteiger partial charge in [-0.2, -0.15) is 5.10 Å². The van der Waals surface area contributed by atoms with E-state index in [9.17, 15) is 14.4 Å². The molecule has 0 saturated carbocycles. The van der Waals surface area contributed by atoms with Crippen molar-refractivity contribution >= 4 is 28.4 Å². The second-order valence-corrected chi connectivity index (χ2v) is 7.43. The fraction of sp³-hybridized carbons (Fsp3) is 0.125. The Balaban J connectivity index is 1.65. The van der Waals surface area contributed by atoms with Gasteiger partial charge >= 0.3 is 0 Å². The Kier molecular flexibility index (Phi) is 5.76. The first-order valence-corrected chi connectivity index (χ1v) is 9.99. The van der Waals surface area contributed by atoms with E-state index in [1.807, 2.05) is 60.7 Å². The predicted octanol–water partition coefficient (Wildman–Crippen LogP) is 2.03. The van der Waals surface area contributed by atoms with Crippen LogP contribution in [0.25, 0.3) is 22.2 Å². The number of pyridine rings is 1. The molecule has 4 rings (SSSR count). The van der Waals surface area contributed by atoms with Gasteiger partial charge in [-0.25, -0.2) is 0 Å². The summed E-state index contributed by atoms with van der Waals surface area (Å²) >= 11 is 0. The van der Waals surface area contributed by atoms with Crippen molar-refractivity contribution in [2.75, 3.05) is 0 Å². The molecule has 0 fully saturated rings. The van der Waals surface area contributed by atoms with Gasteiger partial charge in [0.15, 0.2) is 0 Å². The van der Waals surface area contributed by atoms with Gasteiger partial charge in [-0.3, -0.25) is 24.0 Å². The van der Waals surface area contributed by atoms with E-state index >= 15 is 0 Å². The highest BCUT2D eigenvalue weighted by molar-refractivity contribution is 6.38. The molecule has 0 aliphatic rings. The van der Waals surface area contributed by atoms with Gasteiger partial charge in [0.25, 0.3) is 11.8 Å². The summed E-state index contributed by atoms with van der Waals surface area (Å²) in [6.07, 6.45) is 3.41. The maximum Gasteiger partial charge on any atom is 0.287 e. The molecule has 0 bridgehead atoms. The van der Waals surface area contributed by atoms with Crippen LogP contribution in [0.4, 0.5) is 0 Å². The van der Waals surface area contributed by atoms with Crippen molar-refractivity contribution in [1.82, 2.24) is 20.1 Å². The van der Waals surface area contributed by atoms with Crippen LogP contribution in [0.2, 0.25) is 0 Å². The SMILES string of the molecule is Cn1cc(C(=O)NC(Cc2ccccc2)C(=O)C(N)=O)c(-c2cc3ccccc3cn2)n1.